The summed E-state index contributed by atoms with van der Waals surface area (Å²) < 4.78 is 0. The van der Waals surface area contributed by atoms with Crippen LogP contribution in [-0.2, 0) is 29.1 Å². The molecule has 5 heteroatoms. The Morgan fingerprint density at radius 2 is 1.33 bits per heavy atom. The molecule has 0 fully saturated rings. The number of carbonyl (C=O) groups excluding carboxylic acids is 2. The van der Waals surface area contributed by atoms with Crippen LogP contribution in [0.15, 0.2) is 109 Å². The van der Waals surface area contributed by atoms with Crippen LogP contribution in [0.1, 0.15) is 33.9 Å². The summed E-state index contributed by atoms with van der Waals surface area (Å²) in [5.41, 5.74) is 4.72. The van der Waals surface area contributed by atoms with Crippen LogP contribution in [0.3, 0.4) is 0 Å². The second kappa shape index (κ2) is 12.2. The third-order valence-corrected chi connectivity index (χ3v) is 6.30. The maximum Gasteiger partial charge on any atom is 0.247 e. The van der Waals surface area contributed by atoms with Gasteiger partial charge in [0.15, 0.2) is 0 Å². The van der Waals surface area contributed by atoms with Crippen molar-refractivity contribution in [2.75, 3.05) is 0 Å². The largest absolute Gasteiger partial charge is 0.350 e. The molecule has 182 valence electrons. The SMILES string of the molecule is Cc1ccc(CNC(=O)[C@@H](c2ccccc2)N(Cc2ccccc2)C(=O)Cc2ccc(Cl)cc2)cc1. The van der Waals surface area contributed by atoms with Gasteiger partial charge in [-0.2, -0.15) is 0 Å². The lowest BCUT2D eigenvalue weighted by Crippen LogP contribution is -2.43. The Labute approximate surface area is 217 Å². The lowest BCUT2D eigenvalue weighted by molar-refractivity contribution is -0.141. The van der Waals surface area contributed by atoms with Crippen LogP contribution in [-0.4, -0.2) is 16.7 Å². The fraction of sp³-hybridized carbons (Fsp3) is 0.161. The summed E-state index contributed by atoms with van der Waals surface area (Å²) in [7, 11) is 0. The standard InChI is InChI=1S/C31H29ClN2O2/c1-23-12-14-25(15-13-23)21-33-31(36)30(27-10-6-3-7-11-27)34(22-26-8-4-2-5-9-26)29(35)20-24-16-18-28(32)19-17-24/h2-19,30H,20-22H2,1H3,(H,33,36)/t30-/m1/s1. The molecule has 0 spiro atoms. The predicted molar refractivity (Wildman–Crippen MR) is 144 cm³/mol. The molecule has 0 saturated carbocycles. The Balaban J connectivity index is 1.65. The summed E-state index contributed by atoms with van der Waals surface area (Å²) in [4.78, 5) is 29.1. The quantitative estimate of drug-likeness (QED) is 0.296. The zero-order valence-electron chi connectivity index (χ0n) is 20.2. The number of halogens is 1. The topological polar surface area (TPSA) is 49.4 Å². The van der Waals surface area contributed by atoms with Gasteiger partial charge in [0, 0.05) is 18.1 Å². The van der Waals surface area contributed by atoms with Gasteiger partial charge in [-0.3, -0.25) is 9.59 Å². The molecule has 4 aromatic carbocycles. The lowest BCUT2D eigenvalue weighted by atomic mass is 10.0. The van der Waals surface area contributed by atoms with Crippen molar-refractivity contribution in [2.24, 2.45) is 0 Å². The average Bonchev–Trinajstić information content (AvgIpc) is 2.90. The highest BCUT2D eigenvalue weighted by molar-refractivity contribution is 6.30. The Hall–Kier alpha value is -3.89. The number of carbonyl (C=O) groups is 2. The van der Waals surface area contributed by atoms with Crippen molar-refractivity contribution in [3.8, 4) is 0 Å². The summed E-state index contributed by atoms with van der Waals surface area (Å²) in [6.07, 6.45) is 0.165. The molecule has 0 radical (unpaired) electrons. The van der Waals surface area contributed by atoms with E-state index >= 15 is 0 Å². The van der Waals surface area contributed by atoms with Crippen LogP contribution in [0.2, 0.25) is 5.02 Å². The van der Waals surface area contributed by atoms with E-state index in [1.807, 2.05) is 104 Å². The molecular formula is C31H29ClN2O2. The summed E-state index contributed by atoms with van der Waals surface area (Å²) in [6, 6.07) is 33.7. The van der Waals surface area contributed by atoms with E-state index in [2.05, 4.69) is 5.32 Å². The number of aryl methyl sites for hydroxylation is 1. The summed E-state index contributed by atoms with van der Waals surface area (Å²) >= 11 is 6.04. The molecular weight excluding hydrogens is 468 g/mol. The third-order valence-electron chi connectivity index (χ3n) is 6.05. The fourth-order valence-electron chi connectivity index (χ4n) is 4.08. The first kappa shape index (κ1) is 25.2. The van der Waals surface area contributed by atoms with Crippen LogP contribution in [0.25, 0.3) is 0 Å². The van der Waals surface area contributed by atoms with Gasteiger partial charge in [-0.25, -0.2) is 0 Å². The van der Waals surface area contributed by atoms with E-state index < -0.39 is 6.04 Å². The molecule has 0 heterocycles. The molecule has 2 amide bonds. The first-order chi connectivity index (χ1) is 17.5. The van der Waals surface area contributed by atoms with E-state index in [0.29, 0.717) is 18.1 Å². The smallest absolute Gasteiger partial charge is 0.247 e. The fourth-order valence-corrected chi connectivity index (χ4v) is 4.21. The van der Waals surface area contributed by atoms with Gasteiger partial charge < -0.3 is 10.2 Å². The van der Waals surface area contributed by atoms with E-state index in [0.717, 1.165) is 27.8 Å². The number of nitrogens with one attached hydrogen (secondary N) is 1. The first-order valence-corrected chi connectivity index (χ1v) is 12.3. The summed E-state index contributed by atoms with van der Waals surface area (Å²) in [5.74, 6) is -0.359. The predicted octanol–water partition coefficient (Wildman–Crippen LogP) is 6.28. The Bertz CT molecular complexity index is 1270. The highest BCUT2D eigenvalue weighted by Gasteiger charge is 2.31. The molecule has 0 bridgehead atoms. The van der Waals surface area contributed by atoms with Crippen LogP contribution >= 0.6 is 11.6 Å². The monoisotopic (exact) mass is 496 g/mol. The molecule has 0 aliphatic heterocycles. The van der Waals surface area contributed by atoms with Crippen molar-refractivity contribution in [3.63, 3.8) is 0 Å². The molecule has 1 N–H and O–H groups in total. The van der Waals surface area contributed by atoms with E-state index in [-0.39, 0.29) is 18.2 Å². The molecule has 0 aliphatic rings. The van der Waals surface area contributed by atoms with Gasteiger partial charge >= 0.3 is 0 Å². The van der Waals surface area contributed by atoms with E-state index in [1.165, 1.54) is 0 Å². The Kier molecular flexibility index (Phi) is 8.53. The van der Waals surface area contributed by atoms with Gasteiger partial charge in [-0.1, -0.05) is 114 Å². The lowest BCUT2D eigenvalue weighted by Gasteiger charge is -2.32. The molecule has 0 aliphatic carbocycles. The van der Waals surface area contributed by atoms with Gasteiger partial charge in [-0.15, -0.1) is 0 Å². The Morgan fingerprint density at radius 3 is 1.97 bits per heavy atom. The number of rotatable bonds is 9. The molecule has 36 heavy (non-hydrogen) atoms. The Morgan fingerprint density at radius 1 is 0.750 bits per heavy atom. The minimum Gasteiger partial charge on any atom is -0.350 e. The molecule has 4 rings (SSSR count). The molecule has 4 nitrogen and oxygen atoms in total. The van der Waals surface area contributed by atoms with Crippen molar-refractivity contribution in [2.45, 2.75) is 32.5 Å². The number of amides is 2. The van der Waals surface area contributed by atoms with E-state index in [1.54, 1.807) is 17.0 Å². The second-order valence-corrected chi connectivity index (χ2v) is 9.26. The van der Waals surface area contributed by atoms with Gasteiger partial charge in [0.1, 0.15) is 6.04 Å². The summed E-state index contributed by atoms with van der Waals surface area (Å²) in [6.45, 7) is 2.72. The van der Waals surface area contributed by atoms with Crippen molar-refractivity contribution in [3.05, 3.63) is 142 Å². The number of benzene rings is 4. The highest BCUT2D eigenvalue weighted by Crippen LogP contribution is 2.25. The van der Waals surface area contributed by atoms with Crippen molar-refractivity contribution in [1.82, 2.24) is 10.2 Å². The zero-order chi connectivity index (χ0) is 25.3. The van der Waals surface area contributed by atoms with Crippen LogP contribution in [0, 0.1) is 6.92 Å². The third kappa shape index (κ3) is 6.83. The van der Waals surface area contributed by atoms with Gasteiger partial charge in [0.2, 0.25) is 11.8 Å². The number of hydrogen-bond donors (Lipinski definition) is 1. The zero-order valence-corrected chi connectivity index (χ0v) is 21.0. The molecule has 0 aromatic heterocycles. The molecule has 1 atom stereocenters. The molecule has 4 aromatic rings. The maximum atomic E-state index is 13.7. The van der Waals surface area contributed by atoms with Gasteiger partial charge in [0.25, 0.3) is 0 Å². The number of hydrogen-bond acceptors (Lipinski definition) is 2. The summed E-state index contributed by atoms with van der Waals surface area (Å²) in [5, 5.41) is 3.67. The minimum absolute atomic E-state index is 0.138. The van der Waals surface area contributed by atoms with E-state index in [9.17, 15) is 9.59 Å². The molecule has 0 unspecified atom stereocenters. The normalized spacial score (nSPS) is 11.5. The van der Waals surface area contributed by atoms with Crippen molar-refractivity contribution in [1.29, 1.82) is 0 Å². The van der Waals surface area contributed by atoms with Crippen molar-refractivity contribution >= 4 is 23.4 Å². The van der Waals surface area contributed by atoms with Crippen LogP contribution < -0.4 is 5.32 Å². The number of nitrogens with zero attached hydrogens (tertiary/aromatic N) is 1. The van der Waals surface area contributed by atoms with E-state index in [4.69, 9.17) is 11.6 Å². The highest BCUT2D eigenvalue weighted by atomic mass is 35.5. The van der Waals surface area contributed by atoms with Gasteiger partial charge in [-0.05, 0) is 41.3 Å². The first-order valence-electron chi connectivity index (χ1n) is 12.0. The maximum absolute atomic E-state index is 13.7. The second-order valence-electron chi connectivity index (χ2n) is 8.83. The van der Waals surface area contributed by atoms with Gasteiger partial charge in [0.05, 0.1) is 6.42 Å². The minimum atomic E-state index is -0.781. The van der Waals surface area contributed by atoms with Crippen LogP contribution in [0.5, 0.6) is 0 Å². The average molecular weight is 497 g/mol. The molecule has 0 saturated heterocycles. The van der Waals surface area contributed by atoms with Crippen LogP contribution in [0.4, 0.5) is 0 Å². The van der Waals surface area contributed by atoms with Crippen molar-refractivity contribution < 1.29 is 9.59 Å².